The van der Waals surface area contributed by atoms with Crippen LogP contribution in [0.4, 0.5) is 0 Å². The van der Waals surface area contributed by atoms with E-state index in [1.165, 1.54) is 17.2 Å². The molecule has 0 saturated carbocycles. The highest BCUT2D eigenvalue weighted by Crippen LogP contribution is 2.18. The van der Waals surface area contributed by atoms with Crippen LogP contribution >= 0.6 is 15.9 Å². The summed E-state index contributed by atoms with van der Waals surface area (Å²) in [5.74, 6) is 0. The van der Waals surface area contributed by atoms with Crippen LogP contribution in [0.3, 0.4) is 0 Å². The van der Waals surface area contributed by atoms with E-state index >= 15 is 0 Å². The molecule has 0 N–H and O–H groups in total. The highest BCUT2D eigenvalue weighted by molar-refractivity contribution is 9.10. The topological polar surface area (TPSA) is 0 Å². The minimum Gasteiger partial charge on any atom is -0.0866 e. The molecule has 0 fully saturated rings. The van der Waals surface area contributed by atoms with Gasteiger partial charge in [0.2, 0.25) is 0 Å². The molecule has 1 rings (SSSR count). The predicted octanol–water partition coefficient (Wildman–Crippen LogP) is 5.11. The molecule has 0 bridgehead atoms. The summed E-state index contributed by atoms with van der Waals surface area (Å²) in [5, 5.41) is 0. The molecule has 1 aromatic carbocycles. The standard InChI is InChI=1S/C13H19BrSi/c1-11-10-13(14)8-7-12(11)6-5-9-15(2,3)4/h5-8,10H,9H2,1-4H3/b6-5+. The van der Waals surface area contributed by atoms with E-state index in [9.17, 15) is 0 Å². The van der Waals surface area contributed by atoms with Crippen molar-refractivity contribution >= 4 is 30.1 Å². The van der Waals surface area contributed by atoms with E-state index in [0.717, 1.165) is 4.47 Å². The summed E-state index contributed by atoms with van der Waals surface area (Å²) in [6.07, 6.45) is 4.57. The van der Waals surface area contributed by atoms with Crippen LogP contribution in [0.2, 0.25) is 25.7 Å². The van der Waals surface area contributed by atoms with Gasteiger partial charge in [-0.2, -0.15) is 0 Å². The van der Waals surface area contributed by atoms with Crippen molar-refractivity contribution in [3.8, 4) is 0 Å². The summed E-state index contributed by atoms with van der Waals surface area (Å²) >= 11 is 3.48. The Hall–Kier alpha value is -0.343. The van der Waals surface area contributed by atoms with Gasteiger partial charge in [-0.15, -0.1) is 0 Å². The van der Waals surface area contributed by atoms with Gasteiger partial charge in [0.05, 0.1) is 0 Å². The summed E-state index contributed by atoms with van der Waals surface area (Å²) in [5.41, 5.74) is 2.66. The second-order valence-corrected chi connectivity index (χ2v) is 11.6. The van der Waals surface area contributed by atoms with Gasteiger partial charge in [0, 0.05) is 12.5 Å². The lowest BCUT2D eigenvalue weighted by molar-refractivity contribution is 1.42. The Bertz CT molecular complexity index is 361. The lowest BCUT2D eigenvalue weighted by atomic mass is 10.1. The van der Waals surface area contributed by atoms with Crippen molar-refractivity contribution in [2.45, 2.75) is 32.6 Å². The number of hydrogen-bond acceptors (Lipinski definition) is 0. The number of allylic oxidation sites excluding steroid dienone is 1. The number of halogens is 1. The zero-order chi connectivity index (χ0) is 11.5. The highest BCUT2D eigenvalue weighted by atomic mass is 79.9. The van der Waals surface area contributed by atoms with Crippen molar-refractivity contribution in [3.05, 3.63) is 39.9 Å². The van der Waals surface area contributed by atoms with Crippen molar-refractivity contribution in [1.29, 1.82) is 0 Å². The quantitative estimate of drug-likeness (QED) is 0.676. The van der Waals surface area contributed by atoms with Gasteiger partial charge in [-0.3, -0.25) is 0 Å². The number of benzene rings is 1. The van der Waals surface area contributed by atoms with E-state index < -0.39 is 8.07 Å². The van der Waals surface area contributed by atoms with Gasteiger partial charge in [0.1, 0.15) is 0 Å². The number of aryl methyl sites for hydroxylation is 1. The SMILES string of the molecule is Cc1cc(Br)ccc1/C=C/C[Si](C)(C)C. The maximum absolute atomic E-state index is 3.48. The van der Waals surface area contributed by atoms with Crippen molar-refractivity contribution in [1.82, 2.24) is 0 Å². The van der Waals surface area contributed by atoms with Crippen LogP contribution in [-0.2, 0) is 0 Å². The molecule has 0 heterocycles. The monoisotopic (exact) mass is 282 g/mol. The van der Waals surface area contributed by atoms with Crippen LogP contribution in [0.5, 0.6) is 0 Å². The van der Waals surface area contributed by atoms with Gasteiger partial charge in [-0.1, -0.05) is 53.8 Å². The Morgan fingerprint density at radius 3 is 2.47 bits per heavy atom. The minimum atomic E-state index is -0.935. The Balaban J connectivity index is 2.73. The molecule has 0 unspecified atom stereocenters. The van der Waals surface area contributed by atoms with E-state index in [4.69, 9.17) is 0 Å². The van der Waals surface area contributed by atoms with Crippen LogP contribution in [0.25, 0.3) is 6.08 Å². The fourth-order valence-electron chi connectivity index (χ4n) is 1.37. The Morgan fingerprint density at radius 2 is 1.93 bits per heavy atom. The maximum atomic E-state index is 3.48. The largest absolute Gasteiger partial charge is 0.0866 e. The molecular weight excluding hydrogens is 264 g/mol. The molecule has 0 saturated heterocycles. The van der Waals surface area contributed by atoms with Crippen molar-refractivity contribution in [3.63, 3.8) is 0 Å². The second-order valence-electron chi connectivity index (χ2n) is 5.17. The fourth-order valence-corrected chi connectivity index (χ4v) is 2.67. The average molecular weight is 283 g/mol. The first kappa shape index (κ1) is 12.7. The third-order valence-corrected chi connectivity index (χ3v) is 4.21. The van der Waals surface area contributed by atoms with E-state index in [-0.39, 0.29) is 0 Å². The molecule has 82 valence electrons. The molecule has 1 aromatic rings. The van der Waals surface area contributed by atoms with Crippen molar-refractivity contribution in [2.24, 2.45) is 0 Å². The molecule has 0 amide bonds. The Labute approximate surface area is 103 Å². The lowest BCUT2D eigenvalue weighted by Crippen LogP contribution is -2.17. The molecular formula is C13H19BrSi. The molecule has 2 heteroatoms. The van der Waals surface area contributed by atoms with Crippen LogP contribution in [0.1, 0.15) is 11.1 Å². The molecule has 0 aliphatic carbocycles. The third kappa shape index (κ3) is 4.80. The van der Waals surface area contributed by atoms with Crippen LogP contribution < -0.4 is 0 Å². The molecule has 0 atom stereocenters. The molecule has 0 aliphatic heterocycles. The Kier molecular flexibility index (Phi) is 4.35. The predicted molar refractivity (Wildman–Crippen MR) is 76.1 cm³/mol. The number of hydrogen-bond donors (Lipinski definition) is 0. The van der Waals surface area contributed by atoms with E-state index in [0.29, 0.717) is 0 Å². The van der Waals surface area contributed by atoms with Crippen LogP contribution in [-0.4, -0.2) is 8.07 Å². The summed E-state index contributed by atoms with van der Waals surface area (Å²) in [6.45, 7) is 9.34. The molecule has 0 nitrogen and oxygen atoms in total. The van der Waals surface area contributed by atoms with Crippen molar-refractivity contribution < 1.29 is 0 Å². The molecule has 0 aliphatic rings. The summed E-state index contributed by atoms with van der Waals surface area (Å²) in [4.78, 5) is 0. The van der Waals surface area contributed by atoms with Gasteiger partial charge < -0.3 is 0 Å². The molecule has 0 aromatic heterocycles. The smallest absolute Gasteiger partial charge is 0.0480 e. The van der Waals surface area contributed by atoms with Gasteiger partial charge in [-0.25, -0.2) is 0 Å². The van der Waals surface area contributed by atoms with Crippen LogP contribution in [0.15, 0.2) is 28.7 Å². The summed E-state index contributed by atoms with van der Waals surface area (Å²) in [6, 6.07) is 7.68. The first-order valence-electron chi connectivity index (χ1n) is 5.31. The van der Waals surface area contributed by atoms with E-state index in [1.54, 1.807) is 0 Å². The van der Waals surface area contributed by atoms with E-state index in [1.807, 2.05) is 0 Å². The van der Waals surface area contributed by atoms with Crippen molar-refractivity contribution in [2.75, 3.05) is 0 Å². The fraction of sp³-hybridized carbons (Fsp3) is 0.385. The average Bonchev–Trinajstić information content (AvgIpc) is 2.07. The molecule has 0 radical (unpaired) electrons. The van der Waals surface area contributed by atoms with Gasteiger partial charge in [-0.05, 0) is 36.2 Å². The minimum absolute atomic E-state index is 0.935. The first-order valence-corrected chi connectivity index (χ1v) is 9.81. The number of rotatable bonds is 3. The molecule has 15 heavy (non-hydrogen) atoms. The zero-order valence-electron chi connectivity index (χ0n) is 9.97. The lowest BCUT2D eigenvalue weighted by Gasteiger charge is -2.11. The van der Waals surface area contributed by atoms with Crippen LogP contribution in [0, 0.1) is 6.92 Å². The second kappa shape index (κ2) is 5.13. The van der Waals surface area contributed by atoms with Gasteiger partial charge in [0.15, 0.2) is 0 Å². The van der Waals surface area contributed by atoms with E-state index in [2.05, 4.69) is 72.8 Å². The highest BCUT2D eigenvalue weighted by Gasteiger charge is 2.09. The van der Waals surface area contributed by atoms with Gasteiger partial charge >= 0.3 is 0 Å². The summed E-state index contributed by atoms with van der Waals surface area (Å²) < 4.78 is 1.15. The van der Waals surface area contributed by atoms with Gasteiger partial charge in [0.25, 0.3) is 0 Å². The first-order chi connectivity index (χ1) is 6.88. The molecule has 0 spiro atoms. The third-order valence-electron chi connectivity index (χ3n) is 2.26. The normalized spacial score (nSPS) is 12.3. The Morgan fingerprint density at radius 1 is 1.27 bits per heavy atom. The summed E-state index contributed by atoms with van der Waals surface area (Å²) in [7, 11) is -0.935. The zero-order valence-corrected chi connectivity index (χ0v) is 12.6. The maximum Gasteiger partial charge on any atom is 0.0480 e.